The van der Waals surface area contributed by atoms with Crippen molar-refractivity contribution >= 4 is 5.91 Å². The fourth-order valence-electron chi connectivity index (χ4n) is 1.64. The van der Waals surface area contributed by atoms with Crippen molar-refractivity contribution in [1.82, 2.24) is 5.32 Å². The summed E-state index contributed by atoms with van der Waals surface area (Å²) < 4.78 is 0. The summed E-state index contributed by atoms with van der Waals surface area (Å²) in [6.45, 7) is 12.4. The average molecular weight is 185 g/mol. The second-order valence-electron chi connectivity index (χ2n) is 4.43. The summed E-state index contributed by atoms with van der Waals surface area (Å²) in [5.74, 6) is 1.04. The quantitative estimate of drug-likeness (QED) is 0.716. The zero-order valence-electron chi connectivity index (χ0n) is 9.77. The molecule has 0 aromatic heterocycles. The topological polar surface area (TPSA) is 29.1 Å². The van der Waals surface area contributed by atoms with Gasteiger partial charge in [-0.2, -0.15) is 0 Å². The summed E-state index contributed by atoms with van der Waals surface area (Å²) in [4.78, 5) is 11.1. The lowest BCUT2D eigenvalue weighted by molar-refractivity contribution is -0.122. The Balaban J connectivity index is 4.61. The van der Waals surface area contributed by atoms with Gasteiger partial charge in [0, 0.05) is 12.5 Å². The highest BCUT2D eigenvalue weighted by Crippen LogP contribution is 2.27. The maximum Gasteiger partial charge on any atom is 0.217 e. The summed E-state index contributed by atoms with van der Waals surface area (Å²) in [7, 11) is 0. The van der Waals surface area contributed by atoms with Crippen molar-refractivity contribution in [3.05, 3.63) is 0 Å². The lowest BCUT2D eigenvalue weighted by Crippen LogP contribution is -2.53. The Labute approximate surface area is 82.1 Å². The zero-order valence-corrected chi connectivity index (χ0v) is 9.77. The van der Waals surface area contributed by atoms with Gasteiger partial charge in [-0.1, -0.05) is 34.1 Å². The Bertz CT molecular complexity index is 177. The van der Waals surface area contributed by atoms with E-state index in [0.717, 1.165) is 6.42 Å². The average Bonchev–Trinajstić information content (AvgIpc) is 2.01. The smallest absolute Gasteiger partial charge is 0.217 e. The molecule has 13 heavy (non-hydrogen) atoms. The maximum absolute atomic E-state index is 11.1. The first-order chi connectivity index (χ1) is 5.84. The molecule has 0 fully saturated rings. The van der Waals surface area contributed by atoms with E-state index in [4.69, 9.17) is 0 Å². The fourth-order valence-corrected chi connectivity index (χ4v) is 1.64. The van der Waals surface area contributed by atoms with Gasteiger partial charge in [0.15, 0.2) is 0 Å². The largest absolute Gasteiger partial charge is 0.351 e. The lowest BCUT2D eigenvalue weighted by atomic mass is 9.76. The van der Waals surface area contributed by atoms with Crippen LogP contribution >= 0.6 is 0 Å². The van der Waals surface area contributed by atoms with Gasteiger partial charge >= 0.3 is 0 Å². The van der Waals surface area contributed by atoms with Gasteiger partial charge in [-0.15, -0.1) is 0 Å². The van der Waals surface area contributed by atoms with E-state index in [1.807, 2.05) is 0 Å². The monoisotopic (exact) mass is 185 g/mol. The maximum atomic E-state index is 11.1. The first-order valence-electron chi connectivity index (χ1n) is 5.13. The SMILES string of the molecule is CCC(C)C(C)(NC(C)=O)C(C)C. The number of hydrogen-bond donors (Lipinski definition) is 1. The third-order valence-electron chi connectivity index (χ3n) is 3.28. The number of nitrogens with one attached hydrogen (secondary N) is 1. The standard InChI is InChI=1S/C11H23NO/c1-7-9(4)11(6,8(2)3)12-10(5)13/h8-9H,7H2,1-6H3,(H,12,13). The van der Waals surface area contributed by atoms with E-state index in [0.29, 0.717) is 11.8 Å². The van der Waals surface area contributed by atoms with Crippen molar-refractivity contribution in [3.8, 4) is 0 Å². The van der Waals surface area contributed by atoms with Crippen molar-refractivity contribution in [2.45, 2.75) is 53.5 Å². The van der Waals surface area contributed by atoms with Gasteiger partial charge in [0.2, 0.25) is 5.91 Å². The minimum absolute atomic E-state index is 0.0662. The van der Waals surface area contributed by atoms with Crippen LogP contribution in [0.1, 0.15) is 48.0 Å². The molecule has 0 radical (unpaired) electrons. The summed E-state index contributed by atoms with van der Waals surface area (Å²) in [5.41, 5.74) is -0.0689. The minimum Gasteiger partial charge on any atom is -0.351 e. The molecule has 0 aromatic carbocycles. The van der Waals surface area contributed by atoms with Crippen LogP contribution in [0.5, 0.6) is 0 Å². The Kier molecular flexibility index (Phi) is 4.45. The molecule has 0 aliphatic rings. The van der Waals surface area contributed by atoms with Gasteiger partial charge in [-0.3, -0.25) is 4.79 Å². The van der Waals surface area contributed by atoms with Gasteiger partial charge < -0.3 is 5.32 Å². The third kappa shape index (κ3) is 3.02. The molecule has 0 saturated heterocycles. The molecule has 0 heterocycles. The molecule has 1 N–H and O–H groups in total. The molecule has 0 rings (SSSR count). The van der Waals surface area contributed by atoms with Crippen molar-refractivity contribution < 1.29 is 4.79 Å². The first kappa shape index (κ1) is 12.5. The highest BCUT2D eigenvalue weighted by atomic mass is 16.1. The van der Waals surface area contributed by atoms with E-state index in [1.165, 1.54) is 0 Å². The molecular formula is C11H23NO. The highest BCUT2D eigenvalue weighted by molar-refractivity contribution is 5.73. The fraction of sp³-hybridized carbons (Fsp3) is 0.909. The van der Waals surface area contributed by atoms with Crippen LogP contribution in [0, 0.1) is 11.8 Å². The minimum atomic E-state index is -0.0689. The van der Waals surface area contributed by atoms with Crippen LogP contribution in [0.4, 0.5) is 0 Å². The van der Waals surface area contributed by atoms with Crippen LogP contribution in [0.25, 0.3) is 0 Å². The predicted octanol–water partition coefficient (Wildman–Crippen LogP) is 2.58. The molecule has 2 nitrogen and oxygen atoms in total. The second-order valence-corrected chi connectivity index (χ2v) is 4.43. The van der Waals surface area contributed by atoms with Crippen LogP contribution in [0.2, 0.25) is 0 Å². The van der Waals surface area contributed by atoms with Gasteiger partial charge in [0.05, 0.1) is 0 Å². The van der Waals surface area contributed by atoms with Crippen molar-refractivity contribution in [2.24, 2.45) is 11.8 Å². The van der Waals surface area contributed by atoms with Crippen LogP contribution in [-0.2, 0) is 4.79 Å². The van der Waals surface area contributed by atoms with Crippen LogP contribution in [-0.4, -0.2) is 11.4 Å². The molecule has 0 aliphatic heterocycles. The Hall–Kier alpha value is -0.530. The molecule has 0 aromatic rings. The summed E-state index contributed by atoms with van der Waals surface area (Å²) in [5, 5.41) is 3.07. The van der Waals surface area contributed by atoms with Crippen LogP contribution < -0.4 is 5.32 Å². The molecule has 1 amide bonds. The van der Waals surface area contributed by atoms with Crippen molar-refractivity contribution in [1.29, 1.82) is 0 Å². The number of carbonyl (C=O) groups excluding carboxylic acids is 1. The second kappa shape index (κ2) is 4.64. The van der Waals surface area contributed by atoms with E-state index in [9.17, 15) is 4.79 Å². The highest BCUT2D eigenvalue weighted by Gasteiger charge is 2.33. The van der Waals surface area contributed by atoms with Gasteiger partial charge in [-0.05, 0) is 18.8 Å². The summed E-state index contributed by atoms with van der Waals surface area (Å²) >= 11 is 0. The third-order valence-corrected chi connectivity index (χ3v) is 3.28. The zero-order chi connectivity index (χ0) is 10.6. The molecule has 78 valence electrons. The van der Waals surface area contributed by atoms with E-state index < -0.39 is 0 Å². The molecular weight excluding hydrogens is 162 g/mol. The molecule has 0 bridgehead atoms. The van der Waals surface area contributed by atoms with E-state index in [2.05, 4.69) is 39.9 Å². The van der Waals surface area contributed by atoms with Gasteiger partial charge in [0.1, 0.15) is 0 Å². The number of carbonyl (C=O) groups is 1. The molecule has 2 unspecified atom stereocenters. The number of hydrogen-bond acceptors (Lipinski definition) is 1. The molecule has 2 heteroatoms. The Morgan fingerprint density at radius 3 is 2.08 bits per heavy atom. The van der Waals surface area contributed by atoms with Gasteiger partial charge in [0.25, 0.3) is 0 Å². The number of rotatable bonds is 4. The number of amides is 1. The van der Waals surface area contributed by atoms with E-state index >= 15 is 0 Å². The molecule has 0 spiro atoms. The Morgan fingerprint density at radius 1 is 1.38 bits per heavy atom. The molecule has 0 aliphatic carbocycles. The lowest BCUT2D eigenvalue weighted by Gasteiger charge is -2.39. The Morgan fingerprint density at radius 2 is 1.85 bits per heavy atom. The van der Waals surface area contributed by atoms with Crippen LogP contribution in [0.3, 0.4) is 0 Å². The van der Waals surface area contributed by atoms with Crippen molar-refractivity contribution in [3.63, 3.8) is 0 Å². The first-order valence-corrected chi connectivity index (χ1v) is 5.13. The van der Waals surface area contributed by atoms with E-state index in [-0.39, 0.29) is 11.4 Å². The van der Waals surface area contributed by atoms with Crippen LogP contribution in [0.15, 0.2) is 0 Å². The summed E-state index contributed by atoms with van der Waals surface area (Å²) in [6.07, 6.45) is 1.09. The van der Waals surface area contributed by atoms with Crippen molar-refractivity contribution in [2.75, 3.05) is 0 Å². The van der Waals surface area contributed by atoms with Gasteiger partial charge in [-0.25, -0.2) is 0 Å². The summed E-state index contributed by atoms with van der Waals surface area (Å²) in [6, 6.07) is 0. The molecule has 2 atom stereocenters. The predicted molar refractivity (Wildman–Crippen MR) is 56.5 cm³/mol. The normalized spacial score (nSPS) is 18.1. The molecule has 0 saturated carbocycles. The van der Waals surface area contributed by atoms with E-state index in [1.54, 1.807) is 6.92 Å².